The zero-order valence-corrected chi connectivity index (χ0v) is 8.20. The number of hydrogen-bond donors (Lipinski definition) is 0. The van der Waals surface area contributed by atoms with E-state index in [9.17, 15) is 0 Å². The second-order valence-corrected chi connectivity index (χ2v) is 3.09. The van der Waals surface area contributed by atoms with E-state index in [1.54, 1.807) is 0 Å². The number of unbranched alkanes of at least 4 members (excludes halogenated alkanes) is 2. The molecule has 2 heteroatoms. The highest BCUT2D eigenvalue weighted by Crippen LogP contribution is 1.98. The molecule has 0 amide bonds. The van der Waals surface area contributed by atoms with Crippen molar-refractivity contribution in [2.24, 2.45) is 0 Å². The summed E-state index contributed by atoms with van der Waals surface area (Å²) in [7, 11) is 0. The Morgan fingerprint density at radius 1 is 1.18 bits per heavy atom. The minimum absolute atomic E-state index is 0.827. The van der Waals surface area contributed by atoms with Crippen LogP contribution < -0.4 is 0 Å². The third-order valence-electron chi connectivity index (χ3n) is 1.56. The SMILES string of the molecule is C1CCOC1.CCCCCCl. The second kappa shape index (κ2) is 10.2. The molecule has 1 aliphatic rings. The summed E-state index contributed by atoms with van der Waals surface area (Å²) in [5.74, 6) is 0.827. The largest absolute Gasteiger partial charge is 0.381 e. The van der Waals surface area contributed by atoms with E-state index in [4.69, 9.17) is 16.3 Å². The summed E-state index contributed by atoms with van der Waals surface area (Å²) < 4.78 is 4.94. The Bertz CT molecular complexity index is 51.0. The van der Waals surface area contributed by atoms with E-state index in [0.717, 1.165) is 19.1 Å². The van der Waals surface area contributed by atoms with Gasteiger partial charge in [-0.15, -0.1) is 11.6 Å². The van der Waals surface area contributed by atoms with Gasteiger partial charge in [0.1, 0.15) is 0 Å². The van der Waals surface area contributed by atoms with E-state index in [0.29, 0.717) is 0 Å². The number of ether oxygens (including phenoxy) is 1. The minimum Gasteiger partial charge on any atom is -0.381 e. The maximum absolute atomic E-state index is 5.38. The lowest BCUT2D eigenvalue weighted by atomic mass is 10.3. The van der Waals surface area contributed by atoms with Crippen LogP contribution in [0.4, 0.5) is 0 Å². The van der Waals surface area contributed by atoms with Gasteiger partial charge in [0.05, 0.1) is 0 Å². The minimum atomic E-state index is 0.827. The number of alkyl halides is 1. The average Bonchev–Trinajstić information content (AvgIpc) is 2.57. The Balaban J connectivity index is 0.000000183. The number of hydrogen-bond acceptors (Lipinski definition) is 1. The molecule has 1 rings (SSSR count). The van der Waals surface area contributed by atoms with Crippen LogP contribution in [0.25, 0.3) is 0 Å². The zero-order chi connectivity index (χ0) is 8.36. The molecule has 11 heavy (non-hydrogen) atoms. The molecule has 0 spiro atoms. The summed E-state index contributed by atoms with van der Waals surface area (Å²) in [6, 6.07) is 0. The van der Waals surface area contributed by atoms with Gasteiger partial charge in [-0.05, 0) is 19.3 Å². The molecular weight excluding hydrogens is 160 g/mol. The first-order chi connectivity index (χ1) is 5.41. The quantitative estimate of drug-likeness (QED) is 0.477. The van der Waals surface area contributed by atoms with E-state index in [-0.39, 0.29) is 0 Å². The maximum Gasteiger partial charge on any atom is 0.0466 e. The molecule has 0 aliphatic carbocycles. The van der Waals surface area contributed by atoms with Crippen LogP contribution in [0.5, 0.6) is 0 Å². The summed E-state index contributed by atoms with van der Waals surface area (Å²) >= 11 is 5.38. The molecule has 68 valence electrons. The molecule has 0 unspecified atom stereocenters. The van der Waals surface area contributed by atoms with Gasteiger partial charge in [0.25, 0.3) is 0 Å². The Hall–Kier alpha value is 0.250. The molecule has 0 bridgehead atoms. The van der Waals surface area contributed by atoms with E-state index in [1.807, 2.05) is 0 Å². The van der Waals surface area contributed by atoms with Gasteiger partial charge in [0.15, 0.2) is 0 Å². The maximum atomic E-state index is 5.38. The van der Waals surface area contributed by atoms with Gasteiger partial charge in [-0.3, -0.25) is 0 Å². The molecule has 1 fully saturated rings. The van der Waals surface area contributed by atoms with E-state index < -0.39 is 0 Å². The first-order valence-electron chi connectivity index (χ1n) is 4.55. The molecule has 0 atom stereocenters. The lowest BCUT2D eigenvalue weighted by Gasteiger charge is -1.84. The normalized spacial score (nSPS) is 15.8. The van der Waals surface area contributed by atoms with Crippen LogP contribution in [0, 0.1) is 0 Å². The molecule has 0 N–H and O–H groups in total. The second-order valence-electron chi connectivity index (χ2n) is 2.72. The third kappa shape index (κ3) is 10.2. The van der Waals surface area contributed by atoms with Crippen LogP contribution in [0.1, 0.15) is 39.0 Å². The third-order valence-corrected chi connectivity index (χ3v) is 1.83. The van der Waals surface area contributed by atoms with Crippen molar-refractivity contribution in [1.82, 2.24) is 0 Å². The smallest absolute Gasteiger partial charge is 0.0466 e. The van der Waals surface area contributed by atoms with Crippen molar-refractivity contribution in [3.05, 3.63) is 0 Å². The molecule has 0 aromatic heterocycles. The highest BCUT2D eigenvalue weighted by molar-refractivity contribution is 6.17. The van der Waals surface area contributed by atoms with Crippen molar-refractivity contribution < 1.29 is 4.74 Å². The van der Waals surface area contributed by atoms with E-state index in [2.05, 4.69) is 6.92 Å². The van der Waals surface area contributed by atoms with Crippen molar-refractivity contribution in [1.29, 1.82) is 0 Å². The predicted octanol–water partition coefficient (Wildman–Crippen LogP) is 3.21. The van der Waals surface area contributed by atoms with Gasteiger partial charge in [0.2, 0.25) is 0 Å². The van der Waals surface area contributed by atoms with Crippen molar-refractivity contribution in [2.75, 3.05) is 19.1 Å². The van der Waals surface area contributed by atoms with E-state index in [1.165, 1.54) is 32.1 Å². The van der Waals surface area contributed by atoms with Crippen LogP contribution in [0.15, 0.2) is 0 Å². The van der Waals surface area contributed by atoms with Crippen molar-refractivity contribution >= 4 is 11.6 Å². The molecule has 0 radical (unpaired) electrons. The Morgan fingerprint density at radius 3 is 2.00 bits per heavy atom. The Labute approximate surface area is 75.1 Å². The standard InChI is InChI=1S/C5H11Cl.C4H8O/c1-2-3-4-5-6;1-2-4-5-3-1/h2-5H2,1H3;1-4H2. The van der Waals surface area contributed by atoms with Crippen molar-refractivity contribution in [2.45, 2.75) is 39.0 Å². The first-order valence-corrected chi connectivity index (χ1v) is 5.09. The van der Waals surface area contributed by atoms with Gasteiger partial charge in [-0.1, -0.05) is 19.8 Å². The molecule has 1 saturated heterocycles. The molecule has 0 aromatic rings. The van der Waals surface area contributed by atoms with Crippen LogP contribution in [0.3, 0.4) is 0 Å². The first kappa shape index (κ1) is 11.2. The number of halogens is 1. The summed E-state index contributed by atoms with van der Waals surface area (Å²) in [5, 5.41) is 0. The van der Waals surface area contributed by atoms with Crippen LogP contribution in [-0.2, 0) is 4.74 Å². The van der Waals surface area contributed by atoms with Crippen LogP contribution in [-0.4, -0.2) is 19.1 Å². The topological polar surface area (TPSA) is 9.23 Å². The van der Waals surface area contributed by atoms with Gasteiger partial charge >= 0.3 is 0 Å². The lowest BCUT2D eigenvalue weighted by Crippen LogP contribution is -1.74. The summed E-state index contributed by atoms with van der Waals surface area (Å²) in [4.78, 5) is 0. The number of rotatable bonds is 3. The molecular formula is C9H19ClO. The predicted molar refractivity (Wildman–Crippen MR) is 50.3 cm³/mol. The van der Waals surface area contributed by atoms with Crippen molar-refractivity contribution in [3.63, 3.8) is 0 Å². The highest BCUT2D eigenvalue weighted by Gasteiger charge is 1.94. The average molecular weight is 179 g/mol. The van der Waals surface area contributed by atoms with Gasteiger partial charge in [0, 0.05) is 19.1 Å². The Kier molecular flexibility index (Phi) is 10.5. The van der Waals surface area contributed by atoms with Crippen LogP contribution >= 0.6 is 11.6 Å². The van der Waals surface area contributed by atoms with Gasteiger partial charge < -0.3 is 4.74 Å². The van der Waals surface area contributed by atoms with Crippen molar-refractivity contribution in [3.8, 4) is 0 Å². The van der Waals surface area contributed by atoms with Crippen LogP contribution in [0.2, 0.25) is 0 Å². The molecule has 1 heterocycles. The summed E-state index contributed by atoms with van der Waals surface area (Å²) in [6.07, 6.45) is 6.29. The highest BCUT2D eigenvalue weighted by atomic mass is 35.5. The molecule has 0 saturated carbocycles. The van der Waals surface area contributed by atoms with E-state index >= 15 is 0 Å². The summed E-state index contributed by atoms with van der Waals surface area (Å²) in [5.41, 5.74) is 0. The lowest BCUT2D eigenvalue weighted by molar-refractivity contribution is 0.198. The fraction of sp³-hybridized carbons (Fsp3) is 1.00. The monoisotopic (exact) mass is 178 g/mol. The fourth-order valence-corrected chi connectivity index (χ4v) is 1.04. The van der Waals surface area contributed by atoms with Gasteiger partial charge in [-0.2, -0.15) is 0 Å². The van der Waals surface area contributed by atoms with Gasteiger partial charge in [-0.25, -0.2) is 0 Å². The fourth-order valence-electron chi connectivity index (χ4n) is 0.855. The summed E-state index contributed by atoms with van der Waals surface area (Å²) in [6.45, 7) is 4.17. The zero-order valence-electron chi connectivity index (χ0n) is 7.44. The molecule has 0 aromatic carbocycles. The molecule has 1 aliphatic heterocycles. The Morgan fingerprint density at radius 2 is 1.82 bits per heavy atom. The molecule has 1 nitrogen and oxygen atoms in total.